The molecule has 3 aromatic carbocycles. The van der Waals surface area contributed by atoms with Crippen LogP contribution in [0.15, 0.2) is 48.5 Å². The molecule has 5 heteroatoms. The number of esters is 1. The Kier molecular flexibility index (Phi) is 7.08. The first-order chi connectivity index (χ1) is 15.3. The van der Waals surface area contributed by atoms with E-state index in [-0.39, 0.29) is 12.4 Å². The molecule has 0 heterocycles. The molecule has 0 aromatic heterocycles. The Bertz CT molecular complexity index is 1120. The standard InChI is InChI=1S/C27H30O5/c1-27(2,3)32-24(28)17-20-19(13-12-18-10-8-7-9-11-18)16-21-22(29-4)14-15-23(30-5)25(21)26(20)31-6/h7-16H,17H2,1-6H3/b13-12+. The van der Waals surface area contributed by atoms with Crippen molar-refractivity contribution in [3.05, 3.63) is 65.2 Å². The fourth-order valence-corrected chi connectivity index (χ4v) is 3.66. The van der Waals surface area contributed by atoms with Gasteiger partial charge in [-0.05, 0) is 50.1 Å². The average Bonchev–Trinajstić information content (AvgIpc) is 2.76. The summed E-state index contributed by atoms with van der Waals surface area (Å²) in [6.45, 7) is 5.56. The molecule has 5 nitrogen and oxygen atoms in total. The van der Waals surface area contributed by atoms with Crippen molar-refractivity contribution in [2.45, 2.75) is 32.8 Å². The zero-order valence-electron chi connectivity index (χ0n) is 19.5. The normalized spacial score (nSPS) is 11.6. The number of hydrogen-bond acceptors (Lipinski definition) is 5. The monoisotopic (exact) mass is 434 g/mol. The average molecular weight is 435 g/mol. The zero-order chi connectivity index (χ0) is 23.3. The molecule has 0 amide bonds. The van der Waals surface area contributed by atoms with Gasteiger partial charge in [0.2, 0.25) is 0 Å². The third kappa shape index (κ3) is 5.22. The highest BCUT2D eigenvalue weighted by molar-refractivity contribution is 6.02. The van der Waals surface area contributed by atoms with E-state index in [0.29, 0.717) is 17.2 Å². The van der Waals surface area contributed by atoms with Gasteiger partial charge in [0, 0.05) is 10.9 Å². The molecule has 3 aromatic rings. The third-order valence-electron chi connectivity index (χ3n) is 4.96. The van der Waals surface area contributed by atoms with Crippen LogP contribution in [-0.2, 0) is 16.0 Å². The van der Waals surface area contributed by atoms with E-state index in [1.807, 2.05) is 81.5 Å². The molecule has 0 bridgehead atoms. The van der Waals surface area contributed by atoms with Crippen LogP contribution in [-0.4, -0.2) is 32.9 Å². The first-order valence-electron chi connectivity index (χ1n) is 10.5. The first kappa shape index (κ1) is 23.2. The number of carbonyl (C=O) groups excluding carboxylic acids is 1. The Hall–Kier alpha value is -3.47. The summed E-state index contributed by atoms with van der Waals surface area (Å²) in [5.74, 6) is 1.57. The highest BCUT2D eigenvalue weighted by atomic mass is 16.6. The van der Waals surface area contributed by atoms with Crippen molar-refractivity contribution in [2.24, 2.45) is 0 Å². The van der Waals surface area contributed by atoms with Crippen LogP contribution in [0.25, 0.3) is 22.9 Å². The minimum absolute atomic E-state index is 0.0607. The summed E-state index contributed by atoms with van der Waals surface area (Å²) in [5.41, 5.74) is 2.04. The molecule has 0 aliphatic heterocycles. The van der Waals surface area contributed by atoms with E-state index >= 15 is 0 Å². The van der Waals surface area contributed by atoms with Crippen molar-refractivity contribution in [3.63, 3.8) is 0 Å². The highest BCUT2D eigenvalue weighted by Gasteiger charge is 2.23. The molecule has 0 atom stereocenters. The van der Waals surface area contributed by atoms with Gasteiger partial charge in [-0.25, -0.2) is 0 Å². The van der Waals surface area contributed by atoms with Crippen LogP contribution >= 0.6 is 0 Å². The van der Waals surface area contributed by atoms with Gasteiger partial charge in [-0.3, -0.25) is 4.79 Å². The second-order valence-electron chi connectivity index (χ2n) is 8.38. The fourth-order valence-electron chi connectivity index (χ4n) is 3.66. The molecule has 0 radical (unpaired) electrons. The van der Waals surface area contributed by atoms with Gasteiger partial charge in [-0.1, -0.05) is 42.5 Å². The smallest absolute Gasteiger partial charge is 0.310 e. The summed E-state index contributed by atoms with van der Waals surface area (Å²) < 4.78 is 22.7. The Morgan fingerprint density at radius 2 is 1.53 bits per heavy atom. The van der Waals surface area contributed by atoms with E-state index in [4.69, 9.17) is 18.9 Å². The molecule has 0 aliphatic carbocycles. The molecule has 0 N–H and O–H groups in total. The fraction of sp³-hybridized carbons (Fsp3) is 0.296. The van der Waals surface area contributed by atoms with Gasteiger partial charge >= 0.3 is 5.97 Å². The van der Waals surface area contributed by atoms with Gasteiger partial charge in [0.15, 0.2) is 0 Å². The van der Waals surface area contributed by atoms with Gasteiger partial charge in [0.1, 0.15) is 22.8 Å². The van der Waals surface area contributed by atoms with Crippen molar-refractivity contribution in [2.75, 3.05) is 21.3 Å². The number of methoxy groups -OCH3 is 3. The molecule has 0 spiro atoms. The van der Waals surface area contributed by atoms with Gasteiger partial charge in [-0.2, -0.15) is 0 Å². The van der Waals surface area contributed by atoms with Crippen LogP contribution in [0.5, 0.6) is 17.2 Å². The van der Waals surface area contributed by atoms with Crippen molar-refractivity contribution in [1.82, 2.24) is 0 Å². The van der Waals surface area contributed by atoms with Crippen LogP contribution in [0, 0.1) is 0 Å². The minimum Gasteiger partial charge on any atom is -0.496 e. The SMILES string of the molecule is COc1ccc(OC)c2c(OC)c(CC(=O)OC(C)(C)C)c(/C=C/c3ccccc3)cc12. The van der Waals surface area contributed by atoms with Crippen molar-refractivity contribution >= 4 is 28.9 Å². The Labute approximate surface area is 189 Å². The van der Waals surface area contributed by atoms with Gasteiger partial charge in [0.25, 0.3) is 0 Å². The lowest BCUT2D eigenvalue weighted by Crippen LogP contribution is -2.25. The van der Waals surface area contributed by atoms with Crippen molar-refractivity contribution in [1.29, 1.82) is 0 Å². The maximum atomic E-state index is 12.8. The van der Waals surface area contributed by atoms with Gasteiger partial charge < -0.3 is 18.9 Å². The number of fused-ring (bicyclic) bond motifs is 1. The molecule has 0 saturated carbocycles. The minimum atomic E-state index is -0.581. The summed E-state index contributed by atoms with van der Waals surface area (Å²) >= 11 is 0. The largest absolute Gasteiger partial charge is 0.496 e. The summed E-state index contributed by atoms with van der Waals surface area (Å²) in [6, 6.07) is 15.7. The highest BCUT2D eigenvalue weighted by Crippen LogP contribution is 2.43. The number of benzene rings is 3. The van der Waals surface area contributed by atoms with E-state index in [1.165, 1.54) is 0 Å². The van der Waals surface area contributed by atoms with E-state index in [9.17, 15) is 4.79 Å². The lowest BCUT2D eigenvalue weighted by Gasteiger charge is -2.22. The van der Waals surface area contributed by atoms with Crippen molar-refractivity contribution < 1.29 is 23.7 Å². The number of rotatable bonds is 7. The summed E-state index contributed by atoms with van der Waals surface area (Å²) in [5, 5.41) is 1.59. The lowest BCUT2D eigenvalue weighted by molar-refractivity contribution is -0.153. The van der Waals surface area contributed by atoms with E-state index in [0.717, 1.165) is 27.5 Å². The molecule has 0 aliphatic rings. The predicted octanol–water partition coefficient (Wildman–Crippen LogP) is 5.92. The number of ether oxygens (including phenoxy) is 4. The second kappa shape index (κ2) is 9.77. The molecule has 0 fully saturated rings. The zero-order valence-corrected chi connectivity index (χ0v) is 19.5. The Balaban J connectivity index is 2.25. The van der Waals surface area contributed by atoms with E-state index in [2.05, 4.69) is 0 Å². The maximum absolute atomic E-state index is 12.8. The molecule has 0 saturated heterocycles. The van der Waals surface area contributed by atoms with Gasteiger partial charge in [0.05, 0.1) is 33.1 Å². The van der Waals surface area contributed by atoms with Crippen LogP contribution in [0.4, 0.5) is 0 Å². The third-order valence-corrected chi connectivity index (χ3v) is 4.96. The van der Waals surface area contributed by atoms with Crippen LogP contribution in [0.1, 0.15) is 37.5 Å². The summed E-state index contributed by atoms with van der Waals surface area (Å²) in [7, 11) is 4.83. The summed E-state index contributed by atoms with van der Waals surface area (Å²) in [6.07, 6.45) is 4.05. The molecule has 0 unspecified atom stereocenters. The molecular formula is C27H30O5. The van der Waals surface area contributed by atoms with E-state index < -0.39 is 5.60 Å². The topological polar surface area (TPSA) is 54.0 Å². The molecule has 32 heavy (non-hydrogen) atoms. The number of carbonyl (C=O) groups is 1. The predicted molar refractivity (Wildman–Crippen MR) is 129 cm³/mol. The second-order valence-corrected chi connectivity index (χ2v) is 8.38. The molecule has 168 valence electrons. The Morgan fingerprint density at radius 3 is 2.12 bits per heavy atom. The van der Waals surface area contributed by atoms with Crippen molar-refractivity contribution in [3.8, 4) is 17.2 Å². The van der Waals surface area contributed by atoms with Crippen LogP contribution in [0.2, 0.25) is 0 Å². The van der Waals surface area contributed by atoms with Gasteiger partial charge in [-0.15, -0.1) is 0 Å². The first-order valence-corrected chi connectivity index (χ1v) is 10.5. The number of hydrogen-bond donors (Lipinski definition) is 0. The Morgan fingerprint density at radius 1 is 0.875 bits per heavy atom. The quantitative estimate of drug-likeness (QED) is 0.341. The lowest BCUT2D eigenvalue weighted by atomic mass is 9.95. The van der Waals surface area contributed by atoms with Crippen LogP contribution < -0.4 is 14.2 Å². The van der Waals surface area contributed by atoms with Crippen LogP contribution in [0.3, 0.4) is 0 Å². The molecule has 3 rings (SSSR count). The maximum Gasteiger partial charge on any atom is 0.310 e. The summed E-state index contributed by atoms with van der Waals surface area (Å²) in [4.78, 5) is 12.8. The van der Waals surface area contributed by atoms with E-state index in [1.54, 1.807) is 21.3 Å². The molecular weight excluding hydrogens is 404 g/mol.